The van der Waals surface area contributed by atoms with Crippen molar-refractivity contribution in [1.29, 1.82) is 0 Å². The molecular formula is C13H28. The zero-order valence-corrected chi connectivity index (χ0v) is 10.3. The zero-order valence-electron chi connectivity index (χ0n) is 10.3. The monoisotopic (exact) mass is 184 g/mol. The minimum atomic E-state index is 0.591. The van der Waals surface area contributed by atoms with Crippen molar-refractivity contribution in [3.8, 4) is 0 Å². The van der Waals surface area contributed by atoms with Gasteiger partial charge in [-0.15, -0.1) is 0 Å². The van der Waals surface area contributed by atoms with E-state index in [2.05, 4.69) is 34.6 Å². The Morgan fingerprint density at radius 2 is 1.54 bits per heavy atom. The Labute approximate surface area is 85.1 Å². The van der Waals surface area contributed by atoms with Crippen molar-refractivity contribution in [3.05, 3.63) is 0 Å². The minimum Gasteiger partial charge on any atom is -0.0654 e. The lowest BCUT2D eigenvalue weighted by Gasteiger charge is -2.34. The molecule has 0 heterocycles. The smallest absolute Gasteiger partial charge is 0.0305 e. The van der Waals surface area contributed by atoms with Gasteiger partial charge in [0.15, 0.2) is 0 Å². The first-order valence-electron chi connectivity index (χ1n) is 6.10. The number of hydrogen-bond donors (Lipinski definition) is 0. The van der Waals surface area contributed by atoms with Crippen molar-refractivity contribution in [2.24, 2.45) is 11.3 Å². The average molecular weight is 184 g/mol. The third-order valence-electron chi connectivity index (χ3n) is 4.05. The summed E-state index contributed by atoms with van der Waals surface area (Å²) in [6.45, 7) is 11.8. The Hall–Kier alpha value is 0. The molecule has 13 heavy (non-hydrogen) atoms. The van der Waals surface area contributed by atoms with E-state index in [-0.39, 0.29) is 0 Å². The highest BCUT2D eigenvalue weighted by Crippen LogP contribution is 2.37. The zero-order chi connectivity index (χ0) is 10.3. The van der Waals surface area contributed by atoms with Gasteiger partial charge in [0, 0.05) is 0 Å². The van der Waals surface area contributed by atoms with Gasteiger partial charge < -0.3 is 0 Å². The summed E-state index contributed by atoms with van der Waals surface area (Å²) in [4.78, 5) is 0. The van der Waals surface area contributed by atoms with Gasteiger partial charge in [-0.25, -0.2) is 0 Å². The maximum Gasteiger partial charge on any atom is -0.0305 e. The molecule has 0 saturated heterocycles. The van der Waals surface area contributed by atoms with E-state index in [1.807, 2.05) is 0 Å². The highest BCUT2D eigenvalue weighted by Gasteiger charge is 2.26. The molecule has 0 aromatic heterocycles. The lowest BCUT2D eigenvalue weighted by molar-refractivity contribution is 0.170. The normalized spacial score (nSPS) is 14.5. The molecule has 0 N–H and O–H groups in total. The first kappa shape index (κ1) is 13.0. The van der Waals surface area contributed by atoms with Gasteiger partial charge in [-0.05, 0) is 11.3 Å². The van der Waals surface area contributed by atoms with Crippen molar-refractivity contribution < 1.29 is 0 Å². The van der Waals surface area contributed by atoms with Crippen molar-refractivity contribution >= 4 is 0 Å². The van der Waals surface area contributed by atoms with Crippen LogP contribution in [-0.4, -0.2) is 0 Å². The van der Waals surface area contributed by atoms with E-state index in [4.69, 9.17) is 0 Å². The summed E-state index contributed by atoms with van der Waals surface area (Å²) in [6.07, 6.45) is 8.27. The van der Waals surface area contributed by atoms with Crippen LogP contribution >= 0.6 is 0 Å². The maximum absolute atomic E-state index is 2.45. The summed E-state index contributed by atoms with van der Waals surface area (Å²) in [5.41, 5.74) is 0.591. The quantitative estimate of drug-likeness (QED) is 0.487. The lowest BCUT2D eigenvalue weighted by Crippen LogP contribution is -2.23. The van der Waals surface area contributed by atoms with Crippen molar-refractivity contribution in [2.45, 2.75) is 73.1 Å². The second-order valence-corrected chi connectivity index (χ2v) is 4.76. The van der Waals surface area contributed by atoms with Gasteiger partial charge in [0.25, 0.3) is 0 Å². The molecule has 0 fully saturated rings. The predicted molar refractivity (Wildman–Crippen MR) is 62.0 cm³/mol. The van der Waals surface area contributed by atoms with E-state index >= 15 is 0 Å². The van der Waals surface area contributed by atoms with Crippen LogP contribution in [0.5, 0.6) is 0 Å². The van der Waals surface area contributed by atoms with E-state index in [1.54, 1.807) is 0 Å². The Kier molecular flexibility index (Phi) is 6.45. The standard InChI is InChI=1S/C13H28/c1-6-9-10-11-12(4)13(5,7-2)8-3/h12H,6-11H2,1-5H3. The van der Waals surface area contributed by atoms with Gasteiger partial charge >= 0.3 is 0 Å². The van der Waals surface area contributed by atoms with Crippen molar-refractivity contribution in [3.63, 3.8) is 0 Å². The molecule has 0 saturated carbocycles. The fourth-order valence-corrected chi connectivity index (χ4v) is 2.00. The van der Waals surface area contributed by atoms with Crippen LogP contribution in [0, 0.1) is 11.3 Å². The topological polar surface area (TPSA) is 0 Å². The van der Waals surface area contributed by atoms with Gasteiger partial charge in [-0.1, -0.05) is 73.1 Å². The fraction of sp³-hybridized carbons (Fsp3) is 1.00. The molecule has 0 aliphatic heterocycles. The number of rotatable bonds is 7. The minimum absolute atomic E-state index is 0.591. The molecule has 1 unspecified atom stereocenters. The van der Waals surface area contributed by atoms with Crippen LogP contribution in [0.25, 0.3) is 0 Å². The molecule has 0 aromatic carbocycles. The van der Waals surface area contributed by atoms with Crippen LogP contribution in [0.4, 0.5) is 0 Å². The average Bonchev–Trinajstić information content (AvgIpc) is 2.17. The van der Waals surface area contributed by atoms with E-state index in [0.717, 1.165) is 5.92 Å². The molecule has 0 amide bonds. The second kappa shape index (κ2) is 6.45. The Morgan fingerprint density at radius 3 is 1.92 bits per heavy atom. The molecule has 80 valence electrons. The van der Waals surface area contributed by atoms with Gasteiger partial charge in [0.05, 0.1) is 0 Å². The third-order valence-corrected chi connectivity index (χ3v) is 4.05. The van der Waals surface area contributed by atoms with E-state index in [1.165, 1.54) is 38.5 Å². The van der Waals surface area contributed by atoms with E-state index in [0.29, 0.717) is 5.41 Å². The molecular weight excluding hydrogens is 156 g/mol. The molecule has 0 nitrogen and oxygen atoms in total. The van der Waals surface area contributed by atoms with Gasteiger partial charge in [0.1, 0.15) is 0 Å². The van der Waals surface area contributed by atoms with Crippen LogP contribution < -0.4 is 0 Å². The molecule has 0 radical (unpaired) electrons. The molecule has 0 spiro atoms. The van der Waals surface area contributed by atoms with Gasteiger partial charge in [-0.2, -0.15) is 0 Å². The fourth-order valence-electron chi connectivity index (χ4n) is 2.00. The van der Waals surface area contributed by atoms with Crippen LogP contribution in [0.2, 0.25) is 0 Å². The molecule has 0 aliphatic carbocycles. The Morgan fingerprint density at radius 1 is 1.00 bits per heavy atom. The van der Waals surface area contributed by atoms with E-state index < -0.39 is 0 Å². The van der Waals surface area contributed by atoms with Gasteiger partial charge in [0.2, 0.25) is 0 Å². The van der Waals surface area contributed by atoms with Crippen LogP contribution in [0.3, 0.4) is 0 Å². The third kappa shape index (κ3) is 4.15. The molecule has 0 bridgehead atoms. The largest absolute Gasteiger partial charge is 0.0654 e. The van der Waals surface area contributed by atoms with Crippen LogP contribution in [-0.2, 0) is 0 Å². The Balaban J connectivity index is 3.84. The van der Waals surface area contributed by atoms with Crippen LogP contribution in [0.15, 0.2) is 0 Å². The molecule has 0 aromatic rings. The van der Waals surface area contributed by atoms with Crippen LogP contribution in [0.1, 0.15) is 73.1 Å². The first-order valence-corrected chi connectivity index (χ1v) is 6.10. The molecule has 0 aliphatic rings. The molecule has 0 rings (SSSR count). The first-order chi connectivity index (χ1) is 6.10. The lowest BCUT2D eigenvalue weighted by atomic mass is 9.72. The summed E-state index contributed by atoms with van der Waals surface area (Å²) < 4.78 is 0. The second-order valence-electron chi connectivity index (χ2n) is 4.76. The summed E-state index contributed by atoms with van der Waals surface area (Å²) in [5.74, 6) is 0.897. The summed E-state index contributed by atoms with van der Waals surface area (Å²) in [6, 6.07) is 0. The summed E-state index contributed by atoms with van der Waals surface area (Å²) in [7, 11) is 0. The molecule has 0 heteroatoms. The maximum atomic E-state index is 2.45. The Bertz CT molecular complexity index is 111. The van der Waals surface area contributed by atoms with Crippen molar-refractivity contribution in [1.82, 2.24) is 0 Å². The molecule has 1 atom stereocenters. The van der Waals surface area contributed by atoms with Gasteiger partial charge in [-0.3, -0.25) is 0 Å². The van der Waals surface area contributed by atoms with E-state index in [9.17, 15) is 0 Å². The summed E-state index contributed by atoms with van der Waals surface area (Å²) in [5, 5.41) is 0. The highest BCUT2D eigenvalue weighted by atomic mass is 14.3. The van der Waals surface area contributed by atoms with Crippen molar-refractivity contribution in [2.75, 3.05) is 0 Å². The summed E-state index contributed by atoms with van der Waals surface area (Å²) >= 11 is 0. The highest BCUT2D eigenvalue weighted by molar-refractivity contribution is 4.77. The number of hydrogen-bond acceptors (Lipinski definition) is 0. The SMILES string of the molecule is CCCCCC(C)C(C)(CC)CC. The number of unbranched alkanes of at least 4 members (excludes halogenated alkanes) is 2. The predicted octanol–water partition coefficient (Wildman–Crippen LogP) is 5.03.